The minimum atomic E-state index is -4.32. The van der Waals surface area contributed by atoms with Gasteiger partial charge in [0, 0.05) is 6.42 Å². The predicted molar refractivity (Wildman–Crippen MR) is 62.1 cm³/mol. The van der Waals surface area contributed by atoms with E-state index < -0.39 is 24.8 Å². The molecule has 18 heavy (non-hydrogen) atoms. The van der Waals surface area contributed by atoms with Crippen molar-refractivity contribution in [3.05, 3.63) is 28.8 Å². The van der Waals surface area contributed by atoms with Gasteiger partial charge in [0.05, 0.1) is 19.1 Å². The zero-order valence-corrected chi connectivity index (χ0v) is 10.5. The van der Waals surface area contributed by atoms with E-state index in [-0.39, 0.29) is 5.56 Å². The van der Waals surface area contributed by atoms with Crippen LogP contribution < -0.4 is 4.74 Å². The van der Waals surface area contributed by atoms with Crippen LogP contribution in [0.15, 0.2) is 12.1 Å². The smallest absolute Gasteiger partial charge is 0.389 e. The molecule has 1 rings (SSSR count). The van der Waals surface area contributed by atoms with Crippen LogP contribution in [0.5, 0.6) is 5.75 Å². The van der Waals surface area contributed by atoms with E-state index in [1.807, 2.05) is 6.92 Å². The van der Waals surface area contributed by atoms with E-state index in [4.69, 9.17) is 4.74 Å². The van der Waals surface area contributed by atoms with Crippen LogP contribution >= 0.6 is 0 Å². The number of methoxy groups -OCH3 is 1. The maximum atomic E-state index is 12.1. The first-order chi connectivity index (χ1) is 8.24. The molecule has 100 valence electrons. The van der Waals surface area contributed by atoms with Gasteiger partial charge in [0.15, 0.2) is 5.78 Å². The number of alkyl halides is 3. The van der Waals surface area contributed by atoms with E-state index in [9.17, 15) is 18.0 Å². The van der Waals surface area contributed by atoms with E-state index in [2.05, 4.69) is 0 Å². The molecule has 0 fully saturated rings. The lowest BCUT2D eigenvalue weighted by atomic mass is 9.98. The number of hydrogen-bond acceptors (Lipinski definition) is 2. The average Bonchev–Trinajstić information content (AvgIpc) is 2.23. The lowest BCUT2D eigenvalue weighted by molar-refractivity contribution is -0.133. The van der Waals surface area contributed by atoms with Crippen molar-refractivity contribution in [2.45, 2.75) is 32.9 Å². The van der Waals surface area contributed by atoms with Gasteiger partial charge in [-0.3, -0.25) is 4.79 Å². The molecule has 0 saturated carbocycles. The van der Waals surface area contributed by atoms with E-state index in [0.29, 0.717) is 11.3 Å². The molecular formula is C13H15F3O2. The molecule has 0 heterocycles. The van der Waals surface area contributed by atoms with Crippen molar-refractivity contribution in [3.63, 3.8) is 0 Å². The minimum Gasteiger partial charge on any atom is -0.496 e. The molecule has 0 bridgehead atoms. The first kappa shape index (κ1) is 14.5. The molecule has 1 aromatic rings. The Bertz CT molecular complexity index is 450. The van der Waals surface area contributed by atoms with Crippen molar-refractivity contribution < 1.29 is 22.7 Å². The Balaban J connectivity index is 2.98. The number of carbonyl (C=O) groups is 1. The second-order valence-corrected chi connectivity index (χ2v) is 4.20. The van der Waals surface area contributed by atoms with Gasteiger partial charge < -0.3 is 4.74 Å². The van der Waals surface area contributed by atoms with E-state index in [0.717, 1.165) is 5.56 Å². The van der Waals surface area contributed by atoms with Gasteiger partial charge in [0.1, 0.15) is 5.75 Å². The van der Waals surface area contributed by atoms with Crippen molar-refractivity contribution in [1.29, 1.82) is 0 Å². The molecule has 0 aliphatic rings. The van der Waals surface area contributed by atoms with Gasteiger partial charge in [0.25, 0.3) is 0 Å². The molecular weight excluding hydrogens is 245 g/mol. The third-order valence-electron chi connectivity index (χ3n) is 2.58. The number of carbonyl (C=O) groups excluding carboxylic acids is 1. The number of ether oxygens (including phenoxy) is 1. The zero-order valence-electron chi connectivity index (χ0n) is 10.5. The fraction of sp³-hybridized carbons (Fsp3) is 0.462. The van der Waals surface area contributed by atoms with E-state index >= 15 is 0 Å². The molecule has 2 nitrogen and oxygen atoms in total. The Kier molecular flexibility index (Phi) is 4.38. The third-order valence-corrected chi connectivity index (χ3v) is 2.58. The third kappa shape index (κ3) is 3.75. The molecule has 0 aliphatic heterocycles. The van der Waals surface area contributed by atoms with Crippen LogP contribution in [0, 0.1) is 13.8 Å². The summed E-state index contributed by atoms with van der Waals surface area (Å²) in [4.78, 5) is 11.8. The van der Waals surface area contributed by atoms with E-state index in [1.165, 1.54) is 7.11 Å². The first-order valence-electron chi connectivity index (χ1n) is 5.50. The summed E-state index contributed by atoms with van der Waals surface area (Å²) < 4.78 is 41.3. The van der Waals surface area contributed by atoms with E-state index in [1.54, 1.807) is 19.1 Å². The second kappa shape index (κ2) is 5.42. The molecule has 0 unspecified atom stereocenters. The Morgan fingerprint density at radius 1 is 1.28 bits per heavy atom. The van der Waals surface area contributed by atoms with Crippen LogP contribution in [-0.2, 0) is 0 Å². The zero-order chi connectivity index (χ0) is 13.9. The van der Waals surface area contributed by atoms with Crippen LogP contribution in [-0.4, -0.2) is 19.1 Å². The number of benzene rings is 1. The number of aryl methyl sites for hydroxylation is 2. The van der Waals surface area contributed by atoms with Crippen LogP contribution in [0.4, 0.5) is 13.2 Å². The van der Waals surface area contributed by atoms with Gasteiger partial charge in [-0.2, -0.15) is 13.2 Å². The van der Waals surface area contributed by atoms with Crippen molar-refractivity contribution in [2.24, 2.45) is 0 Å². The fourth-order valence-corrected chi connectivity index (χ4v) is 1.83. The number of hydrogen-bond donors (Lipinski definition) is 0. The first-order valence-corrected chi connectivity index (χ1v) is 5.50. The lowest BCUT2D eigenvalue weighted by Gasteiger charge is -2.12. The second-order valence-electron chi connectivity index (χ2n) is 4.20. The summed E-state index contributed by atoms with van der Waals surface area (Å²) in [5.74, 6) is -0.207. The van der Waals surface area contributed by atoms with Gasteiger partial charge in [-0.25, -0.2) is 0 Å². The van der Waals surface area contributed by atoms with Gasteiger partial charge in [-0.1, -0.05) is 6.07 Å². The summed E-state index contributed by atoms with van der Waals surface area (Å²) in [7, 11) is 1.40. The standard InChI is InChI=1S/C13H15F3O2/c1-8-6-9(2)12(11(7-8)18-3)10(17)4-5-13(14,15)16/h6-7H,4-5H2,1-3H3. The summed E-state index contributed by atoms with van der Waals surface area (Å²) in [6.45, 7) is 3.52. The maximum absolute atomic E-state index is 12.1. The highest BCUT2D eigenvalue weighted by Gasteiger charge is 2.29. The Labute approximate surface area is 104 Å². The SMILES string of the molecule is COc1cc(C)cc(C)c1C(=O)CCC(F)(F)F. The van der Waals surface area contributed by atoms with Crippen LogP contribution in [0.1, 0.15) is 34.3 Å². The fourth-order valence-electron chi connectivity index (χ4n) is 1.83. The Hall–Kier alpha value is -1.52. The van der Waals surface area contributed by atoms with Gasteiger partial charge in [-0.05, 0) is 31.0 Å². The number of Topliss-reactive ketones (excluding diaryl/α,β-unsaturated/α-hetero) is 1. The van der Waals surface area contributed by atoms with Gasteiger partial charge in [0.2, 0.25) is 0 Å². The molecule has 0 aliphatic carbocycles. The number of ketones is 1. The Morgan fingerprint density at radius 2 is 1.89 bits per heavy atom. The summed E-state index contributed by atoms with van der Waals surface area (Å²) in [5.41, 5.74) is 1.78. The van der Waals surface area contributed by atoms with Crippen LogP contribution in [0.2, 0.25) is 0 Å². The van der Waals surface area contributed by atoms with Crippen molar-refractivity contribution in [2.75, 3.05) is 7.11 Å². The predicted octanol–water partition coefficient (Wildman–Crippen LogP) is 3.84. The van der Waals surface area contributed by atoms with Crippen molar-refractivity contribution in [3.8, 4) is 5.75 Å². The normalized spacial score (nSPS) is 11.4. The molecule has 5 heteroatoms. The maximum Gasteiger partial charge on any atom is 0.389 e. The highest BCUT2D eigenvalue weighted by molar-refractivity contribution is 6.00. The quantitative estimate of drug-likeness (QED) is 0.769. The molecule has 0 atom stereocenters. The molecule has 0 spiro atoms. The molecule has 0 aromatic heterocycles. The molecule has 0 saturated heterocycles. The monoisotopic (exact) mass is 260 g/mol. The largest absolute Gasteiger partial charge is 0.496 e. The topological polar surface area (TPSA) is 26.3 Å². The molecule has 0 N–H and O–H groups in total. The summed E-state index contributed by atoms with van der Waals surface area (Å²) >= 11 is 0. The minimum absolute atomic E-state index is 0.243. The Morgan fingerprint density at radius 3 is 2.39 bits per heavy atom. The molecule has 1 aromatic carbocycles. The molecule has 0 radical (unpaired) electrons. The highest BCUT2D eigenvalue weighted by atomic mass is 19.4. The van der Waals surface area contributed by atoms with Crippen molar-refractivity contribution >= 4 is 5.78 Å². The summed E-state index contributed by atoms with van der Waals surface area (Å²) in [6, 6.07) is 3.40. The molecule has 0 amide bonds. The summed E-state index contributed by atoms with van der Waals surface area (Å²) in [6.07, 6.45) is -5.98. The number of halogens is 3. The lowest BCUT2D eigenvalue weighted by Crippen LogP contribution is -2.12. The highest BCUT2D eigenvalue weighted by Crippen LogP contribution is 2.28. The van der Waals surface area contributed by atoms with Crippen LogP contribution in [0.3, 0.4) is 0 Å². The number of rotatable bonds is 4. The summed E-state index contributed by atoms with van der Waals surface area (Å²) in [5, 5.41) is 0. The van der Waals surface area contributed by atoms with Crippen molar-refractivity contribution in [1.82, 2.24) is 0 Å². The van der Waals surface area contributed by atoms with Crippen LogP contribution in [0.25, 0.3) is 0 Å². The van der Waals surface area contributed by atoms with Gasteiger partial charge in [-0.15, -0.1) is 0 Å². The average molecular weight is 260 g/mol. The van der Waals surface area contributed by atoms with Gasteiger partial charge >= 0.3 is 6.18 Å².